The SMILES string of the molecule is COc1cccc(C2/C(=C(/O)c3ccc4c(c3)CCCO4)C(=O)C(=O)N2CCOC(C)C)c1. The van der Waals surface area contributed by atoms with Gasteiger partial charge in [0.25, 0.3) is 11.7 Å². The van der Waals surface area contributed by atoms with E-state index in [2.05, 4.69) is 0 Å². The first-order chi connectivity index (χ1) is 15.9. The third kappa shape index (κ3) is 4.59. The van der Waals surface area contributed by atoms with Crippen LogP contribution in [0.4, 0.5) is 0 Å². The van der Waals surface area contributed by atoms with Gasteiger partial charge in [-0.1, -0.05) is 12.1 Å². The summed E-state index contributed by atoms with van der Waals surface area (Å²) in [5, 5.41) is 11.3. The summed E-state index contributed by atoms with van der Waals surface area (Å²) in [7, 11) is 1.56. The van der Waals surface area contributed by atoms with Crippen LogP contribution in [0.25, 0.3) is 5.76 Å². The van der Waals surface area contributed by atoms with Crippen molar-refractivity contribution in [3.63, 3.8) is 0 Å². The summed E-state index contributed by atoms with van der Waals surface area (Å²) in [6.45, 7) is 4.99. The predicted molar refractivity (Wildman–Crippen MR) is 123 cm³/mol. The number of carbonyl (C=O) groups is 2. The third-order valence-electron chi connectivity index (χ3n) is 5.91. The average molecular weight is 452 g/mol. The normalized spacial score (nSPS) is 19.5. The molecule has 7 heteroatoms. The molecule has 2 aromatic carbocycles. The Labute approximate surface area is 193 Å². The molecule has 33 heavy (non-hydrogen) atoms. The van der Waals surface area contributed by atoms with Crippen molar-refractivity contribution in [2.24, 2.45) is 0 Å². The number of aliphatic hydroxyl groups is 1. The van der Waals surface area contributed by atoms with Gasteiger partial charge >= 0.3 is 0 Å². The lowest BCUT2D eigenvalue weighted by molar-refractivity contribution is -0.140. The summed E-state index contributed by atoms with van der Waals surface area (Å²) < 4.78 is 16.7. The number of rotatable bonds is 7. The molecule has 174 valence electrons. The van der Waals surface area contributed by atoms with E-state index in [1.165, 1.54) is 4.90 Å². The van der Waals surface area contributed by atoms with Crippen LogP contribution < -0.4 is 9.47 Å². The Morgan fingerprint density at radius 1 is 1.21 bits per heavy atom. The molecule has 0 spiro atoms. The molecule has 2 aromatic rings. The topological polar surface area (TPSA) is 85.3 Å². The van der Waals surface area contributed by atoms with E-state index in [9.17, 15) is 14.7 Å². The van der Waals surface area contributed by atoms with Crippen molar-refractivity contribution >= 4 is 17.4 Å². The number of hydrogen-bond donors (Lipinski definition) is 1. The zero-order valence-electron chi connectivity index (χ0n) is 19.2. The molecule has 7 nitrogen and oxygen atoms in total. The van der Waals surface area contributed by atoms with Crippen LogP contribution in [0.1, 0.15) is 43.0 Å². The lowest BCUT2D eigenvalue weighted by Crippen LogP contribution is -2.33. The summed E-state index contributed by atoms with van der Waals surface area (Å²) in [4.78, 5) is 27.6. The predicted octanol–water partition coefficient (Wildman–Crippen LogP) is 3.87. The fourth-order valence-electron chi connectivity index (χ4n) is 4.32. The molecule has 1 unspecified atom stereocenters. The van der Waals surface area contributed by atoms with Crippen molar-refractivity contribution in [3.8, 4) is 11.5 Å². The van der Waals surface area contributed by atoms with Crippen LogP contribution in [0.15, 0.2) is 48.0 Å². The Morgan fingerprint density at radius 3 is 2.79 bits per heavy atom. The van der Waals surface area contributed by atoms with Gasteiger partial charge < -0.3 is 24.2 Å². The molecule has 0 bridgehead atoms. The van der Waals surface area contributed by atoms with Crippen molar-refractivity contribution < 1.29 is 28.9 Å². The maximum Gasteiger partial charge on any atom is 0.295 e. The first-order valence-electron chi connectivity index (χ1n) is 11.2. The number of ether oxygens (including phenoxy) is 3. The minimum atomic E-state index is -0.747. The van der Waals surface area contributed by atoms with Gasteiger partial charge in [-0.15, -0.1) is 0 Å². The summed E-state index contributed by atoms with van der Waals surface area (Å²) >= 11 is 0. The Kier molecular flexibility index (Phi) is 6.70. The number of fused-ring (bicyclic) bond motifs is 1. The number of ketones is 1. The fraction of sp³-hybridized carbons (Fsp3) is 0.385. The molecule has 1 amide bonds. The number of carbonyl (C=O) groups excluding carboxylic acids is 2. The summed E-state index contributed by atoms with van der Waals surface area (Å²) in [5.41, 5.74) is 2.21. The molecule has 0 radical (unpaired) electrons. The van der Waals surface area contributed by atoms with Gasteiger partial charge in [0, 0.05) is 12.1 Å². The number of nitrogens with zero attached hydrogens (tertiary/aromatic N) is 1. The minimum absolute atomic E-state index is 0.00481. The number of likely N-dealkylation sites (tertiary alicyclic amines) is 1. The highest BCUT2D eigenvalue weighted by Gasteiger charge is 2.46. The van der Waals surface area contributed by atoms with E-state index in [0.29, 0.717) is 23.5 Å². The lowest BCUT2D eigenvalue weighted by Gasteiger charge is -2.26. The van der Waals surface area contributed by atoms with Gasteiger partial charge in [0.15, 0.2) is 0 Å². The first kappa shape index (κ1) is 22.9. The molecule has 2 aliphatic heterocycles. The van der Waals surface area contributed by atoms with Crippen LogP contribution >= 0.6 is 0 Å². The van der Waals surface area contributed by atoms with Crippen molar-refractivity contribution in [3.05, 3.63) is 64.7 Å². The number of Topliss-reactive ketones (excluding diaryl/α,β-unsaturated/α-hetero) is 1. The maximum atomic E-state index is 13.1. The smallest absolute Gasteiger partial charge is 0.295 e. The maximum absolute atomic E-state index is 13.1. The molecule has 1 fully saturated rings. The van der Waals surface area contributed by atoms with Gasteiger partial charge in [-0.05, 0) is 68.1 Å². The monoisotopic (exact) mass is 451 g/mol. The standard InChI is InChI=1S/C26H29NO6/c1-16(2)32-13-11-27-23(18-6-4-8-20(15-18)31-3)22(25(29)26(27)30)24(28)19-9-10-21-17(14-19)7-5-12-33-21/h4,6,8-10,14-16,23,28H,5,7,11-13H2,1-3H3/b24-22-. The largest absolute Gasteiger partial charge is 0.507 e. The summed E-state index contributed by atoms with van der Waals surface area (Å²) in [5.74, 6) is -0.172. The molecule has 4 rings (SSSR count). The van der Waals surface area contributed by atoms with Gasteiger partial charge in [0.2, 0.25) is 0 Å². The van der Waals surface area contributed by atoms with Crippen LogP contribution in [-0.4, -0.2) is 54.7 Å². The molecular formula is C26H29NO6. The molecule has 0 saturated carbocycles. The molecule has 2 aliphatic rings. The number of benzene rings is 2. The van der Waals surface area contributed by atoms with Crippen molar-refractivity contribution in [1.82, 2.24) is 4.90 Å². The molecular weight excluding hydrogens is 422 g/mol. The molecule has 2 heterocycles. The highest BCUT2D eigenvalue weighted by atomic mass is 16.5. The quantitative estimate of drug-likeness (QED) is 0.391. The van der Waals surface area contributed by atoms with Crippen molar-refractivity contribution in [1.29, 1.82) is 0 Å². The van der Waals surface area contributed by atoms with Crippen molar-refractivity contribution in [2.45, 2.75) is 38.8 Å². The Bertz CT molecular complexity index is 1090. The molecule has 1 saturated heterocycles. The second kappa shape index (κ2) is 9.67. The van der Waals surface area contributed by atoms with Gasteiger partial charge in [-0.25, -0.2) is 0 Å². The van der Waals surface area contributed by atoms with Crippen molar-refractivity contribution in [2.75, 3.05) is 26.9 Å². The van der Waals surface area contributed by atoms with E-state index in [4.69, 9.17) is 14.2 Å². The zero-order chi connectivity index (χ0) is 23.5. The van der Waals surface area contributed by atoms with Crippen LogP contribution in [-0.2, 0) is 20.7 Å². The Balaban J connectivity index is 1.79. The first-order valence-corrected chi connectivity index (χ1v) is 11.2. The molecule has 0 aromatic heterocycles. The minimum Gasteiger partial charge on any atom is -0.507 e. The highest BCUT2D eigenvalue weighted by molar-refractivity contribution is 6.46. The van der Waals surface area contributed by atoms with Gasteiger partial charge in [0.05, 0.1) is 38.0 Å². The van der Waals surface area contributed by atoms with E-state index >= 15 is 0 Å². The second-order valence-electron chi connectivity index (χ2n) is 8.46. The third-order valence-corrected chi connectivity index (χ3v) is 5.91. The number of aryl methyl sites for hydroxylation is 1. The summed E-state index contributed by atoms with van der Waals surface area (Å²) in [6.07, 6.45) is 1.72. The van der Waals surface area contributed by atoms with E-state index in [-0.39, 0.29) is 30.6 Å². The van der Waals surface area contributed by atoms with Crippen LogP contribution in [0.3, 0.4) is 0 Å². The lowest BCUT2D eigenvalue weighted by atomic mass is 9.94. The molecule has 1 N–H and O–H groups in total. The highest BCUT2D eigenvalue weighted by Crippen LogP contribution is 2.40. The number of methoxy groups -OCH3 is 1. The van der Waals surface area contributed by atoms with Gasteiger partial charge in [0.1, 0.15) is 17.3 Å². The van der Waals surface area contributed by atoms with Gasteiger partial charge in [-0.3, -0.25) is 9.59 Å². The van der Waals surface area contributed by atoms with Crippen LogP contribution in [0.5, 0.6) is 11.5 Å². The number of hydrogen-bond acceptors (Lipinski definition) is 6. The summed E-state index contributed by atoms with van der Waals surface area (Å²) in [6, 6.07) is 11.8. The van der Waals surface area contributed by atoms with Gasteiger partial charge in [-0.2, -0.15) is 0 Å². The van der Waals surface area contributed by atoms with E-state index in [0.717, 1.165) is 24.2 Å². The number of amides is 1. The Morgan fingerprint density at radius 2 is 2.03 bits per heavy atom. The number of aliphatic hydroxyl groups excluding tert-OH is 1. The average Bonchev–Trinajstić information content (AvgIpc) is 3.08. The van der Waals surface area contributed by atoms with E-state index < -0.39 is 17.7 Å². The zero-order valence-corrected chi connectivity index (χ0v) is 19.2. The van der Waals surface area contributed by atoms with E-state index in [1.807, 2.05) is 26.0 Å². The Hall–Kier alpha value is -3.32. The fourth-order valence-corrected chi connectivity index (χ4v) is 4.32. The molecule has 0 aliphatic carbocycles. The molecule has 1 atom stereocenters. The van der Waals surface area contributed by atoms with E-state index in [1.54, 1.807) is 37.4 Å². The van der Waals surface area contributed by atoms with Crippen LogP contribution in [0.2, 0.25) is 0 Å². The second-order valence-corrected chi connectivity index (χ2v) is 8.46. The van der Waals surface area contributed by atoms with Crippen LogP contribution in [0, 0.1) is 0 Å².